The van der Waals surface area contributed by atoms with Gasteiger partial charge in [0, 0.05) is 23.0 Å². The molecule has 5 heteroatoms. The van der Waals surface area contributed by atoms with Gasteiger partial charge >= 0.3 is 0 Å². The second-order valence-electron chi connectivity index (χ2n) is 5.93. The topological polar surface area (TPSA) is 52.4 Å². The summed E-state index contributed by atoms with van der Waals surface area (Å²) in [6.07, 6.45) is 5.41. The fourth-order valence-corrected chi connectivity index (χ4v) is 4.14. The molecular weight excluding hydrogens is 322 g/mol. The second kappa shape index (κ2) is 5.72. The van der Waals surface area contributed by atoms with Crippen molar-refractivity contribution in [1.29, 1.82) is 0 Å². The van der Waals surface area contributed by atoms with E-state index >= 15 is 0 Å². The number of nitro benzene ring substituents is 1. The highest BCUT2D eigenvalue weighted by atomic mass is 79.9. The van der Waals surface area contributed by atoms with Gasteiger partial charge in [-0.25, -0.2) is 0 Å². The third kappa shape index (κ3) is 2.68. The van der Waals surface area contributed by atoms with E-state index in [1.54, 1.807) is 12.1 Å². The summed E-state index contributed by atoms with van der Waals surface area (Å²) < 4.78 is 5.95. The molecule has 3 atom stereocenters. The molecule has 2 saturated carbocycles. The Balaban J connectivity index is 1.66. The minimum absolute atomic E-state index is 0.117. The van der Waals surface area contributed by atoms with Crippen LogP contribution in [0.4, 0.5) is 5.69 Å². The summed E-state index contributed by atoms with van der Waals surface area (Å²) in [6, 6.07) is 4.83. The molecule has 3 unspecified atom stereocenters. The number of rotatable bonds is 5. The first kappa shape index (κ1) is 13.9. The van der Waals surface area contributed by atoms with E-state index in [2.05, 4.69) is 15.9 Å². The fourth-order valence-electron chi connectivity index (χ4n) is 3.70. The lowest BCUT2D eigenvalue weighted by Gasteiger charge is -2.22. The van der Waals surface area contributed by atoms with Crippen LogP contribution in [0, 0.1) is 27.9 Å². The van der Waals surface area contributed by atoms with E-state index in [4.69, 9.17) is 4.74 Å². The van der Waals surface area contributed by atoms with E-state index in [0.29, 0.717) is 11.2 Å². The number of nitrogens with zero attached hydrogens (tertiary/aromatic N) is 1. The smallest absolute Gasteiger partial charge is 0.270 e. The van der Waals surface area contributed by atoms with Gasteiger partial charge in [0.2, 0.25) is 0 Å². The number of benzene rings is 1. The standard InChI is InChI=1S/C15H18BrNO3/c16-8-12-7-14(17(18)19)3-4-15(12)20-9-13-6-10-1-2-11(13)5-10/h3-4,7,10-11,13H,1-2,5-6,8-9H2. The lowest BCUT2D eigenvalue weighted by atomic mass is 9.89. The first-order valence-corrected chi connectivity index (χ1v) is 8.25. The van der Waals surface area contributed by atoms with Crippen LogP contribution in [-0.2, 0) is 5.33 Å². The first-order valence-electron chi connectivity index (χ1n) is 7.13. The quantitative estimate of drug-likeness (QED) is 0.456. The first-order chi connectivity index (χ1) is 9.67. The van der Waals surface area contributed by atoms with E-state index < -0.39 is 0 Å². The maximum absolute atomic E-state index is 10.8. The molecule has 2 aliphatic carbocycles. The van der Waals surface area contributed by atoms with E-state index in [0.717, 1.165) is 29.8 Å². The Kier molecular flexibility index (Phi) is 3.96. The van der Waals surface area contributed by atoms with E-state index in [9.17, 15) is 10.1 Å². The van der Waals surface area contributed by atoms with E-state index in [-0.39, 0.29) is 10.6 Å². The molecule has 0 N–H and O–H groups in total. The average Bonchev–Trinajstić information content (AvgIpc) is 3.07. The summed E-state index contributed by atoms with van der Waals surface area (Å²) >= 11 is 3.38. The summed E-state index contributed by atoms with van der Waals surface area (Å²) in [4.78, 5) is 10.4. The van der Waals surface area contributed by atoms with Crippen LogP contribution in [-0.4, -0.2) is 11.5 Å². The summed E-state index contributed by atoms with van der Waals surface area (Å²) in [5.41, 5.74) is 0.967. The maximum Gasteiger partial charge on any atom is 0.270 e. The Labute approximate surface area is 126 Å². The average molecular weight is 340 g/mol. The molecule has 20 heavy (non-hydrogen) atoms. The zero-order valence-electron chi connectivity index (χ0n) is 11.3. The molecule has 0 aromatic heterocycles. The highest BCUT2D eigenvalue weighted by Crippen LogP contribution is 2.48. The summed E-state index contributed by atoms with van der Waals surface area (Å²) in [7, 11) is 0. The van der Waals surface area contributed by atoms with Gasteiger partial charge in [-0.15, -0.1) is 0 Å². The van der Waals surface area contributed by atoms with Gasteiger partial charge in [0.1, 0.15) is 5.75 Å². The molecule has 4 nitrogen and oxygen atoms in total. The van der Waals surface area contributed by atoms with Crippen molar-refractivity contribution in [1.82, 2.24) is 0 Å². The van der Waals surface area contributed by atoms with Crippen molar-refractivity contribution < 1.29 is 9.66 Å². The summed E-state index contributed by atoms with van der Waals surface area (Å²) in [5.74, 6) is 3.20. The van der Waals surface area contributed by atoms with Gasteiger partial charge in [-0.2, -0.15) is 0 Å². The fraction of sp³-hybridized carbons (Fsp3) is 0.600. The van der Waals surface area contributed by atoms with Gasteiger partial charge in [0.25, 0.3) is 5.69 Å². The minimum Gasteiger partial charge on any atom is -0.493 e. The number of fused-ring (bicyclic) bond motifs is 2. The molecule has 0 saturated heterocycles. The van der Waals surface area contributed by atoms with Crippen LogP contribution in [0.25, 0.3) is 0 Å². The van der Waals surface area contributed by atoms with Gasteiger partial charge in [-0.1, -0.05) is 22.4 Å². The Hall–Kier alpha value is -1.10. The van der Waals surface area contributed by atoms with Gasteiger partial charge in [-0.3, -0.25) is 10.1 Å². The number of non-ortho nitro benzene ring substituents is 1. The molecule has 3 rings (SSSR count). The maximum atomic E-state index is 10.8. The second-order valence-corrected chi connectivity index (χ2v) is 6.49. The Morgan fingerprint density at radius 1 is 1.35 bits per heavy atom. The molecule has 0 heterocycles. The van der Waals surface area contributed by atoms with Crippen LogP contribution in [0.2, 0.25) is 0 Å². The molecule has 0 amide bonds. The Bertz CT molecular complexity index is 520. The third-order valence-corrected chi connectivity index (χ3v) is 5.34. The van der Waals surface area contributed by atoms with Crippen molar-refractivity contribution in [2.75, 3.05) is 6.61 Å². The van der Waals surface area contributed by atoms with Gasteiger partial charge in [-0.05, 0) is 43.1 Å². The highest BCUT2D eigenvalue weighted by molar-refractivity contribution is 9.08. The lowest BCUT2D eigenvalue weighted by Crippen LogP contribution is -2.18. The lowest BCUT2D eigenvalue weighted by molar-refractivity contribution is -0.384. The molecule has 0 radical (unpaired) electrons. The molecule has 2 fully saturated rings. The van der Waals surface area contributed by atoms with Crippen molar-refractivity contribution in [3.8, 4) is 5.75 Å². The van der Waals surface area contributed by atoms with Crippen LogP contribution < -0.4 is 4.74 Å². The van der Waals surface area contributed by atoms with Crippen LogP contribution in [0.1, 0.15) is 31.2 Å². The van der Waals surface area contributed by atoms with Crippen LogP contribution in [0.5, 0.6) is 5.75 Å². The zero-order valence-corrected chi connectivity index (χ0v) is 12.8. The molecule has 2 bridgehead atoms. The third-order valence-electron chi connectivity index (χ3n) is 4.74. The van der Waals surface area contributed by atoms with Crippen molar-refractivity contribution in [2.24, 2.45) is 17.8 Å². The molecule has 108 valence electrons. The Morgan fingerprint density at radius 3 is 2.80 bits per heavy atom. The van der Waals surface area contributed by atoms with E-state index in [1.807, 2.05) is 0 Å². The van der Waals surface area contributed by atoms with Crippen molar-refractivity contribution in [3.05, 3.63) is 33.9 Å². The Morgan fingerprint density at radius 2 is 2.20 bits per heavy atom. The molecule has 0 spiro atoms. The summed E-state index contributed by atoms with van der Waals surface area (Å²) in [5, 5.41) is 11.4. The van der Waals surface area contributed by atoms with Crippen molar-refractivity contribution >= 4 is 21.6 Å². The molecule has 0 aliphatic heterocycles. The number of alkyl halides is 1. The zero-order chi connectivity index (χ0) is 14.1. The minimum atomic E-state index is -0.369. The van der Waals surface area contributed by atoms with Crippen LogP contribution >= 0.6 is 15.9 Å². The predicted octanol–water partition coefficient (Wildman–Crippen LogP) is 4.30. The number of hydrogen-bond acceptors (Lipinski definition) is 3. The molecular formula is C15H18BrNO3. The number of halogens is 1. The largest absolute Gasteiger partial charge is 0.493 e. The monoisotopic (exact) mass is 339 g/mol. The highest BCUT2D eigenvalue weighted by Gasteiger charge is 2.39. The van der Waals surface area contributed by atoms with Gasteiger partial charge in [0.05, 0.1) is 11.5 Å². The molecule has 1 aromatic carbocycles. The van der Waals surface area contributed by atoms with Crippen molar-refractivity contribution in [3.63, 3.8) is 0 Å². The predicted molar refractivity (Wildman–Crippen MR) is 80.2 cm³/mol. The van der Waals surface area contributed by atoms with E-state index in [1.165, 1.54) is 31.7 Å². The molecule has 2 aliphatic rings. The SMILES string of the molecule is O=[N+]([O-])c1ccc(OCC2CC3CCC2C3)c(CBr)c1. The van der Waals surface area contributed by atoms with Crippen LogP contribution in [0.3, 0.4) is 0 Å². The number of ether oxygens (including phenoxy) is 1. The summed E-state index contributed by atoms with van der Waals surface area (Å²) in [6.45, 7) is 0.749. The van der Waals surface area contributed by atoms with Crippen molar-refractivity contribution in [2.45, 2.75) is 31.0 Å². The molecule has 1 aromatic rings. The van der Waals surface area contributed by atoms with Gasteiger partial charge < -0.3 is 4.74 Å². The number of hydrogen-bond donors (Lipinski definition) is 0. The number of nitro groups is 1. The van der Waals surface area contributed by atoms with Gasteiger partial charge in [0.15, 0.2) is 0 Å². The van der Waals surface area contributed by atoms with Crippen LogP contribution in [0.15, 0.2) is 18.2 Å². The normalized spacial score (nSPS) is 27.8.